The van der Waals surface area contributed by atoms with E-state index in [1.54, 1.807) is 42.5 Å². The lowest BCUT2D eigenvalue weighted by Gasteiger charge is -2.26. The Labute approximate surface area is 173 Å². The Morgan fingerprint density at radius 3 is 2.18 bits per heavy atom. The highest BCUT2D eigenvalue weighted by Gasteiger charge is 2.43. The number of carbonyl (C=O) groups excluding carboxylic acids is 3. The number of fused-ring (bicyclic) bond motifs is 1. The second kappa shape index (κ2) is 8.33. The maximum Gasteiger partial charge on any atom is 0.329 e. The third kappa shape index (κ3) is 4.05. The van der Waals surface area contributed by atoms with E-state index in [1.807, 2.05) is 13.8 Å². The number of hydrogen-bond acceptors (Lipinski definition) is 4. The van der Waals surface area contributed by atoms with Crippen molar-refractivity contribution < 1.29 is 19.1 Å². The molecule has 5 nitrogen and oxygen atoms in total. The number of ether oxygens (including phenoxy) is 1. The summed E-state index contributed by atoms with van der Waals surface area (Å²) in [7, 11) is 0. The van der Waals surface area contributed by atoms with Crippen LogP contribution in [-0.4, -0.2) is 28.7 Å². The van der Waals surface area contributed by atoms with Crippen LogP contribution in [0, 0.1) is 5.92 Å². The molecule has 7 heteroatoms. The summed E-state index contributed by atoms with van der Waals surface area (Å²) in [4.78, 5) is 39.4. The molecule has 1 aliphatic heterocycles. The van der Waals surface area contributed by atoms with Crippen LogP contribution in [0.3, 0.4) is 0 Å². The molecule has 1 unspecified atom stereocenters. The lowest BCUT2D eigenvalue weighted by atomic mass is 10.0. The van der Waals surface area contributed by atoms with Gasteiger partial charge in [-0.3, -0.25) is 14.5 Å². The Balaban J connectivity index is 1.81. The fourth-order valence-corrected chi connectivity index (χ4v) is 3.59. The molecule has 0 aromatic heterocycles. The Hall–Kier alpha value is -2.37. The molecule has 0 N–H and O–H groups in total. The molecule has 2 aromatic rings. The zero-order valence-electron chi connectivity index (χ0n) is 15.4. The maximum absolute atomic E-state index is 12.8. The van der Waals surface area contributed by atoms with Crippen LogP contribution < -0.4 is 0 Å². The van der Waals surface area contributed by atoms with Crippen LogP contribution in [0.4, 0.5) is 0 Å². The number of carbonyl (C=O) groups is 3. The molecule has 0 radical (unpaired) electrons. The van der Waals surface area contributed by atoms with Gasteiger partial charge < -0.3 is 4.74 Å². The largest absolute Gasteiger partial charge is 0.459 e. The standard InChI is InChI=1S/C21H19Cl2NO4/c1-12(2)9-18(21(27)28-11-13-7-8-14(22)10-17(13)23)24-19(25)15-5-3-4-6-16(15)20(24)26/h3-8,10,12,18H,9,11H2,1-2H3. The van der Waals surface area contributed by atoms with E-state index in [2.05, 4.69) is 0 Å². The molecule has 1 heterocycles. The summed E-state index contributed by atoms with van der Waals surface area (Å²) in [6.07, 6.45) is 0.304. The summed E-state index contributed by atoms with van der Waals surface area (Å²) in [6, 6.07) is 10.4. The highest BCUT2D eigenvalue weighted by atomic mass is 35.5. The van der Waals surface area contributed by atoms with Crippen molar-refractivity contribution in [2.75, 3.05) is 0 Å². The highest BCUT2D eigenvalue weighted by Crippen LogP contribution is 2.28. The fourth-order valence-electron chi connectivity index (χ4n) is 3.13. The summed E-state index contributed by atoms with van der Waals surface area (Å²) < 4.78 is 5.41. The average molecular weight is 420 g/mol. The van der Waals surface area contributed by atoms with Gasteiger partial charge in [-0.25, -0.2) is 4.79 Å². The van der Waals surface area contributed by atoms with Gasteiger partial charge in [0.15, 0.2) is 0 Å². The Morgan fingerprint density at radius 2 is 1.64 bits per heavy atom. The number of imide groups is 1. The van der Waals surface area contributed by atoms with Crippen molar-refractivity contribution in [3.63, 3.8) is 0 Å². The number of nitrogens with zero attached hydrogens (tertiary/aromatic N) is 1. The third-order valence-corrected chi connectivity index (χ3v) is 5.08. The average Bonchev–Trinajstić information content (AvgIpc) is 2.90. The molecule has 0 fully saturated rings. The monoisotopic (exact) mass is 419 g/mol. The first-order valence-electron chi connectivity index (χ1n) is 8.87. The second-order valence-corrected chi connectivity index (χ2v) is 7.86. The molecule has 0 saturated carbocycles. The zero-order chi connectivity index (χ0) is 20.4. The summed E-state index contributed by atoms with van der Waals surface area (Å²) in [5.41, 5.74) is 1.19. The van der Waals surface area contributed by atoms with E-state index in [9.17, 15) is 14.4 Å². The Bertz CT molecular complexity index is 907. The normalized spacial score (nSPS) is 14.4. The molecule has 28 heavy (non-hydrogen) atoms. The van der Waals surface area contributed by atoms with Crippen molar-refractivity contribution >= 4 is 41.0 Å². The molecule has 0 bridgehead atoms. The molecule has 0 saturated heterocycles. The summed E-state index contributed by atoms with van der Waals surface area (Å²) >= 11 is 12.0. The number of hydrogen-bond donors (Lipinski definition) is 0. The molecule has 146 valence electrons. The van der Waals surface area contributed by atoms with E-state index >= 15 is 0 Å². The van der Waals surface area contributed by atoms with E-state index in [-0.39, 0.29) is 12.5 Å². The van der Waals surface area contributed by atoms with Crippen molar-refractivity contribution in [3.05, 3.63) is 69.2 Å². The van der Waals surface area contributed by atoms with Crippen molar-refractivity contribution in [1.29, 1.82) is 0 Å². The fraction of sp³-hybridized carbons (Fsp3) is 0.286. The summed E-state index contributed by atoms with van der Waals surface area (Å²) in [6.45, 7) is 3.75. The van der Waals surface area contributed by atoms with Gasteiger partial charge in [0.25, 0.3) is 11.8 Å². The van der Waals surface area contributed by atoms with Gasteiger partial charge in [0.2, 0.25) is 0 Å². The molecule has 2 aromatic carbocycles. The Kier molecular flexibility index (Phi) is 6.06. The number of rotatable bonds is 6. The van der Waals surface area contributed by atoms with Gasteiger partial charge in [-0.2, -0.15) is 0 Å². The topological polar surface area (TPSA) is 63.7 Å². The van der Waals surface area contributed by atoms with Gasteiger partial charge in [0, 0.05) is 15.6 Å². The van der Waals surface area contributed by atoms with E-state index in [1.165, 1.54) is 0 Å². The molecular weight excluding hydrogens is 401 g/mol. The minimum Gasteiger partial charge on any atom is -0.459 e. The number of halogens is 2. The van der Waals surface area contributed by atoms with E-state index < -0.39 is 23.8 Å². The number of esters is 1. The summed E-state index contributed by atoms with van der Waals surface area (Å²) in [5, 5.41) is 0.852. The molecule has 1 atom stereocenters. The van der Waals surface area contributed by atoms with Crippen LogP contribution >= 0.6 is 23.2 Å². The Morgan fingerprint density at radius 1 is 1.04 bits per heavy atom. The number of benzene rings is 2. The molecular formula is C21H19Cl2NO4. The van der Waals surface area contributed by atoms with Crippen LogP contribution in [0.25, 0.3) is 0 Å². The third-order valence-electron chi connectivity index (χ3n) is 4.49. The molecule has 2 amide bonds. The molecule has 0 aliphatic carbocycles. The van der Waals surface area contributed by atoms with Crippen LogP contribution in [0.1, 0.15) is 46.5 Å². The van der Waals surface area contributed by atoms with Crippen molar-refractivity contribution in [2.24, 2.45) is 5.92 Å². The quantitative estimate of drug-likeness (QED) is 0.500. The van der Waals surface area contributed by atoms with Gasteiger partial charge in [0.05, 0.1) is 11.1 Å². The van der Waals surface area contributed by atoms with Gasteiger partial charge in [-0.15, -0.1) is 0 Å². The van der Waals surface area contributed by atoms with Crippen molar-refractivity contribution in [1.82, 2.24) is 4.90 Å². The SMILES string of the molecule is CC(C)CC(C(=O)OCc1ccc(Cl)cc1Cl)N1C(=O)c2ccccc2C1=O. The maximum atomic E-state index is 12.8. The highest BCUT2D eigenvalue weighted by molar-refractivity contribution is 6.35. The van der Waals surface area contributed by atoms with E-state index in [0.29, 0.717) is 33.2 Å². The predicted octanol–water partition coefficient (Wildman–Crippen LogP) is 4.75. The molecule has 1 aliphatic rings. The predicted molar refractivity (Wildman–Crippen MR) is 106 cm³/mol. The number of amides is 2. The molecule has 0 spiro atoms. The first-order chi connectivity index (χ1) is 13.3. The van der Waals surface area contributed by atoms with E-state index in [4.69, 9.17) is 27.9 Å². The van der Waals surface area contributed by atoms with Crippen molar-refractivity contribution in [3.8, 4) is 0 Å². The van der Waals surface area contributed by atoms with Crippen molar-refractivity contribution in [2.45, 2.75) is 32.9 Å². The molecule has 3 rings (SSSR count). The van der Waals surface area contributed by atoms with Gasteiger partial charge in [-0.1, -0.05) is 55.2 Å². The smallest absolute Gasteiger partial charge is 0.329 e. The first kappa shape index (κ1) is 20.4. The minimum absolute atomic E-state index is 0.0704. The van der Waals surface area contributed by atoms with Gasteiger partial charge in [-0.05, 0) is 36.6 Å². The minimum atomic E-state index is -1.00. The lowest BCUT2D eigenvalue weighted by molar-refractivity contribution is -0.150. The zero-order valence-corrected chi connectivity index (χ0v) is 17.0. The van der Waals surface area contributed by atoms with Crippen LogP contribution in [0.15, 0.2) is 42.5 Å². The lowest BCUT2D eigenvalue weighted by Crippen LogP contribution is -2.46. The van der Waals surface area contributed by atoms with Crippen LogP contribution in [0.5, 0.6) is 0 Å². The van der Waals surface area contributed by atoms with Crippen LogP contribution in [0.2, 0.25) is 10.0 Å². The van der Waals surface area contributed by atoms with E-state index in [0.717, 1.165) is 4.90 Å². The van der Waals surface area contributed by atoms with Gasteiger partial charge >= 0.3 is 5.97 Å². The second-order valence-electron chi connectivity index (χ2n) is 7.01. The van der Waals surface area contributed by atoms with Crippen LogP contribution in [-0.2, 0) is 16.1 Å². The van der Waals surface area contributed by atoms with Gasteiger partial charge in [0.1, 0.15) is 12.6 Å². The summed E-state index contributed by atoms with van der Waals surface area (Å²) in [5.74, 6) is -1.53. The first-order valence-corrected chi connectivity index (χ1v) is 9.62.